The molecule has 1 aliphatic rings. The minimum Gasteiger partial charge on any atom is -0.344 e. The van der Waals surface area contributed by atoms with Crippen molar-refractivity contribution in [1.29, 1.82) is 5.26 Å². The molecule has 2 N–H and O–H groups in total. The lowest BCUT2D eigenvalue weighted by Crippen LogP contribution is -2.45. The Hall–Kier alpha value is -3.72. The first-order valence-corrected chi connectivity index (χ1v) is 14.9. The monoisotopic (exact) mass is 584 g/mol. The molecule has 0 aliphatic carbocycles. The van der Waals surface area contributed by atoms with Crippen molar-refractivity contribution in [3.63, 3.8) is 0 Å². The third-order valence-electron chi connectivity index (χ3n) is 7.20. The lowest BCUT2D eigenvalue weighted by molar-refractivity contribution is -0.137. The van der Waals surface area contributed by atoms with Crippen LogP contribution in [-0.2, 0) is 22.6 Å². The third kappa shape index (κ3) is 7.52. The lowest BCUT2D eigenvalue weighted by atomic mass is 9.99. The topological polar surface area (TPSA) is 102 Å². The van der Waals surface area contributed by atoms with E-state index in [0.717, 1.165) is 29.8 Å². The van der Waals surface area contributed by atoms with Gasteiger partial charge in [0.2, 0.25) is 0 Å². The highest BCUT2D eigenvalue weighted by Gasteiger charge is 2.30. The molecule has 1 heterocycles. The zero-order valence-electron chi connectivity index (χ0n) is 22.5. The molecule has 0 aromatic heterocycles. The van der Waals surface area contributed by atoms with Gasteiger partial charge in [0, 0.05) is 37.8 Å². The van der Waals surface area contributed by atoms with E-state index < -0.39 is 27.6 Å². The summed E-state index contributed by atoms with van der Waals surface area (Å²) in [5, 5.41) is 15.5. The van der Waals surface area contributed by atoms with Gasteiger partial charge in [0.15, 0.2) is 9.84 Å². The maximum atomic E-state index is 13.0. The summed E-state index contributed by atoms with van der Waals surface area (Å²) in [6, 6.07) is 19.9. The van der Waals surface area contributed by atoms with Crippen LogP contribution in [0.3, 0.4) is 0 Å². The van der Waals surface area contributed by atoms with Gasteiger partial charge in [-0.1, -0.05) is 43.3 Å². The molecule has 11 heteroatoms. The van der Waals surface area contributed by atoms with Crippen molar-refractivity contribution in [3.8, 4) is 6.07 Å². The molecule has 1 saturated heterocycles. The average molecular weight is 585 g/mol. The van der Waals surface area contributed by atoms with E-state index in [0.29, 0.717) is 30.8 Å². The second-order valence-corrected chi connectivity index (χ2v) is 12.1. The van der Waals surface area contributed by atoms with Gasteiger partial charge in [-0.3, -0.25) is 9.69 Å². The Morgan fingerprint density at radius 2 is 1.73 bits per heavy atom. The van der Waals surface area contributed by atoms with Crippen molar-refractivity contribution in [2.75, 3.05) is 25.4 Å². The molecule has 2 atom stereocenters. The maximum Gasteiger partial charge on any atom is 0.416 e. The number of hydrogen-bond donors (Lipinski definition) is 2. The molecule has 3 aromatic carbocycles. The van der Waals surface area contributed by atoms with E-state index in [2.05, 4.69) is 21.6 Å². The number of halogens is 3. The molecule has 1 fully saturated rings. The number of amides is 1. The summed E-state index contributed by atoms with van der Waals surface area (Å²) in [5.41, 5.74) is 2.09. The van der Waals surface area contributed by atoms with Crippen LogP contribution in [0.1, 0.15) is 58.0 Å². The summed E-state index contributed by atoms with van der Waals surface area (Å²) in [5.74, 6) is -0.393. The van der Waals surface area contributed by atoms with Gasteiger partial charge in [0.25, 0.3) is 5.91 Å². The van der Waals surface area contributed by atoms with E-state index in [1.165, 1.54) is 24.3 Å². The molecule has 1 amide bonds. The second-order valence-electron chi connectivity index (χ2n) is 9.87. The number of rotatable bonds is 9. The highest BCUT2D eigenvalue weighted by molar-refractivity contribution is 7.91. The van der Waals surface area contributed by atoms with Crippen molar-refractivity contribution in [1.82, 2.24) is 15.5 Å². The van der Waals surface area contributed by atoms with E-state index >= 15 is 0 Å². The molecule has 0 radical (unpaired) electrons. The van der Waals surface area contributed by atoms with Gasteiger partial charge in [-0.2, -0.15) is 18.4 Å². The summed E-state index contributed by atoms with van der Waals surface area (Å²) in [6.45, 7) is 4.17. The number of piperazine rings is 1. The van der Waals surface area contributed by atoms with Crippen molar-refractivity contribution in [3.05, 3.63) is 101 Å². The van der Waals surface area contributed by atoms with Crippen LogP contribution in [0.15, 0.2) is 77.7 Å². The SMILES string of the molecule is CCS(=O)(=O)c1ccc(C(CC#N)NC(=O)c2ccc(C3CNCCN3Cc3ccc(C(F)(F)F)cc3)cc2)cc1. The summed E-state index contributed by atoms with van der Waals surface area (Å²) < 4.78 is 63.0. The van der Waals surface area contributed by atoms with Gasteiger partial charge in [-0.05, 0) is 53.1 Å². The number of nitriles is 1. The van der Waals surface area contributed by atoms with Crippen LogP contribution in [-0.4, -0.2) is 44.6 Å². The van der Waals surface area contributed by atoms with Crippen LogP contribution in [0.2, 0.25) is 0 Å². The summed E-state index contributed by atoms with van der Waals surface area (Å²) in [4.78, 5) is 15.4. The number of alkyl halides is 3. The molecular formula is C30H31F3N4O3S. The zero-order valence-corrected chi connectivity index (χ0v) is 23.3. The van der Waals surface area contributed by atoms with Gasteiger partial charge >= 0.3 is 6.18 Å². The number of carbonyl (C=O) groups is 1. The first kappa shape index (κ1) is 30.2. The van der Waals surface area contributed by atoms with E-state index in [4.69, 9.17) is 0 Å². The van der Waals surface area contributed by atoms with Crippen molar-refractivity contribution in [2.45, 2.75) is 43.0 Å². The number of sulfone groups is 1. The van der Waals surface area contributed by atoms with Crippen LogP contribution in [0.5, 0.6) is 0 Å². The molecule has 0 saturated carbocycles. The number of hydrogen-bond acceptors (Lipinski definition) is 6. The zero-order chi connectivity index (χ0) is 29.6. The normalized spacial score (nSPS) is 17.0. The Kier molecular flexibility index (Phi) is 9.48. The van der Waals surface area contributed by atoms with Crippen molar-refractivity contribution in [2.24, 2.45) is 0 Å². The smallest absolute Gasteiger partial charge is 0.344 e. The Bertz CT molecular complexity index is 1480. The minimum atomic E-state index is -4.37. The van der Waals surface area contributed by atoms with E-state index in [-0.39, 0.29) is 29.0 Å². The molecule has 7 nitrogen and oxygen atoms in total. The van der Waals surface area contributed by atoms with Crippen molar-refractivity contribution < 1.29 is 26.4 Å². The number of carbonyl (C=O) groups excluding carboxylic acids is 1. The molecular weight excluding hydrogens is 553 g/mol. The maximum absolute atomic E-state index is 13.0. The molecule has 3 aromatic rings. The summed E-state index contributed by atoms with van der Waals surface area (Å²) >= 11 is 0. The van der Waals surface area contributed by atoms with Crippen LogP contribution < -0.4 is 10.6 Å². The first-order valence-electron chi connectivity index (χ1n) is 13.2. The molecule has 4 rings (SSSR count). The van der Waals surface area contributed by atoms with Gasteiger partial charge in [0.05, 0.1) is 34.7 Å². The van der Waals surface area contributed by atoms with Gasteiger partial charge in [-0.15, -0.1) is 0 Å². The first-order chi connectivity index (χ1) is 19.5. The van der Waals surface area contributed by atoms with Crippen LogP contribution in [0.4, 0.5) is 13.2 Å². The molecule has 41 heavy (non-hydrogen) atoms. The van der Waals surface area contributed by atoms with E-state index in [1.54, 1.807) is 31.2 Å². The molecule has 0 bridgehead atoms. The van der Waals surface area contributed by atoms with Crippen molar-refractivity contribution >= 4 is 15.7 Å². The van der Waals surface area contributed by atoms with Crippen LogP contribution in [0, 0.1) is 11.3 Å². The average Bonchev–Trinajstić information content (AvgIpc) is 2.97. The lowest BCUT2D eigenvalue weighted by Gasteiger charge is -2.36. The van der Waals surface area contributed by atoms with E-state index in [9.17, 15) is 31.6 Å². The van der Waals surface area contributed by atoms with Gasteiger partial charge in [-0.25, -0.2) is 8.42 Å². The Morgan fingerprint density at radius 3 is 2.32 bits per heavy atom. The van der Waals surface area contributed by atoms with Crippen LogP contribution in [0.25, 0.3) is 0 Å². The Balaban J connectivity index is 1.44. The standard InChI is InChI=1S/C30H31F3N4O3S/c1-2-41(39,40)26-13-9-22(10-14-26)27(15-16-34)36-29(38)24-7-5-23(6-8-24)28-19-35-17-18-37(28)20-21-3-11-25(12-4-21)30(31,32)33/h3-14,27-28,35H,2,15,17-20H2,1H3,(H,36,38). The minimum absolute atomic E-state index is 0.0103. The summed E-state index contributed by atoms with van der Waals surface area (Å²) in [7, 11) is -3.36. The molecule has 0 spiro atoms. The highest BCUT2D eigenvalue weighted by Crippen LogP contribution is 2.30. The van der Waals surface area contributed by atoms with Gasteiger partial charge in [0.1, 0.15) is 0 Å². The fourth-order valence-corrected chi connectivity index (χ4v) is 5.70. The van der Waals surface area contributed by atoms with E-state index in [1.807, 2.05) is 12.1 Å². The third-order valence-corrected chi connectivity index (χ3v) is 8.95. The van der Waals surface area contributed by atoms with Crippen LogP contribution >= 0.6 is 0 Å². The predicted octanol–water partition coefficient (Wildman–Crippen LogP) is 5.03. The molecule has 2 unspecified atom stereocenters. The fourth-order valence-electron chi connectivity index (χ4n) is 4.81. The number of nitrogens with one attached hydrogen (secondary N) is 2. The number of nitrogens with zero attached hydrogens (tertiary/aromatic N) is 2. The quantitative estimate of drug-likeness (QED) is 0.366. The highest BCUT2D eigenvalue weighted by atomic mass is 32.2. The Morgan fingerprint density at radius 1 is 1.07 bits per heavy atom. The number of benzene rings is 3. The predicted molar refractivity (Wildman–Crippen MR) is 149 cm³/mol. The summed E-state index contributed by atoms with van der Waals surface area (Å²) in [6.07, 6.45) is -4.36. The molecule has 216 valence electrons. The largest absolute Gasteiger partial charge is 0.416 e. The second kappa shape index (κ2) is 12.9. The molecule has 1 aliphatic heterocycles. The van der Waals surface area contributed by atoms with Gasteiger partial charge < -0.3 is 10.6 Å². The fraction of sp³-hybridized carbons (Fsp3) is 0.333. The Labute approximate surface area is 237 Å².